The Morgan fingerprint density at radius 2 is 1.70 bits per heavy atom. The van der Waals surface area contributed by atoms with Crippen molar-refractivity contribution in [2.24, 2.45) is 11.8 Å². The maximum atomic E-state index is 3.60. The molecule has 2 aliphatic rings. The lowest BCUT2D eigenvalue weighted by Crippen LogP contribution is -2.06. The molecule has 0 spiro atoms. The molecular weight excluding hydrogens is 120 g/mol. The van der Waals surface area contributed by atoms with Crippen LogP contribution >= 0.6 is 0 Å². The molecule has 56 valence electrons. The molecule has 0 aromatic heterocycles. The standard InChI is InChI=1S/C10H16/c1-2-6-9(5-1)10-7-3-4-8-10/h9-10H,1-7H2. The monoisotopic (exact) mass is 136 g/mol. The van der Waals surface area contributed by atoms with E-state index in [4.69, 9.17) is 0 Å². The number of hydrogen-bond acceptors (Lipinski definition) is 0. The molecule has 10 heavy (non-hydrogen) atoms. The first-order chi connectivity index (χ1) is 4.97. The van der Waals surface area contributed by atoms with Gasteiger partial charge in [0, 0.05) is 0 Å². The Hall–Kier alpha value is 0. The van der Waals surface area contributed by atoms with Gasteiger partial charge in [0.1, 0.15) is 0 Å². The highest BCUT2D eigenvalue weighted by Gasteiger charge is 2.27. The molecule has 0 N–H and O–H groups in total. The van der Waals surface area contributed by atoms with Crippen LogP contribution in [0.25, 0.3) is 0 Å². The van der Waals surface area contributed by atoms with Crippen molar-refractivity contribution in [2.45, 2.75) is 44.9 Å². The molecule has 0 aromatic rings. The van der Waals surface area contributed by atoms with E-state index in [1.165, 1.54) is 44.9 Å². The maximum absolute atomic E-state index is 3.60. The molecule has 0 nitrogen and oxygen atoms in total. The van der Waals surface area contributed by atoms with E-state index < -0.39 is 0 Å². The minimum atomic E-state index is 0.905. The van der Waals surface area contributed by atoms with Crippen LogP contribution in [0.4, 0.5) is 0 Å². The van der Waals surface area contributed by atoms with Gasteiger partial charge in [0.05, 0.1) is 0 Å². The first kappa shape index (κ1) is 6.69. The summed E-state index contributed by atoms with van der Waals surface area (Å²) in [5, 5.41) is 0. The quantitative estimate of drug-likeness (QED) is 0.519. The van der Waals surface area contributed by atoms with Gasteiger partial charge >= 0.3 is 0 Å². The Kier molecular flexibility index (Phi) is 1.97. The fraction of sp³-hybridized carbons (Fsp3) is 0.900. The van der Waals surface area contributed by atoms with Crippen LogP contribution < -0.4 is 0 Å². The summed E-state index contributed by atoms with van der Waals surface area (Å²) in [5.41, 5.74) is 0. The van der Waals surface area contributed by atoms with Crippen LogP contribution in [0.2, 0.25) is 0 Å². The van der Waals surface area contributed by atoms with Crippen LogP contribution in [0.5, 0.6) is 0 Å². The smallest absolute Gasteiger partial charge is 0.0137 e. The van der Waals surface area contributed by atoms with Crippen molar-refractivity contribution in [1.29, 1.82) is 0 Å². The van der Waals surface area contributed by atoms with Gasteiger partial charge in [-0.3, -0.25) is 0 Å². The second-order valence-corrected chi connectivity index (χ2v) is 3.75. The fourth-order valence-corrected chi connectivity index (χ4v) is 2.47. The van der Waals surface area contributed by atoms with Gasteiger partial charge in [-0.05, 0) is 31.1 Å². The van der Waals surface area contributed by atoms with Gasteiger partial charge in [-0.25, -0.2) is 0 Å². The largest absolute Gasteiger partial charge is 0.0530 e. The summed E-state index contributed by atoms with van der Waals surface area (Å²) in [6.07, 6.45) is 13.7. The van der Waals surface area contributed by atoms with Gasteiger partial charge in [-0.15, -0.1) is 0 Å². The van der Waals surface area contributed by atoms with Crippen molar-refractivity contribution in [2.75, 3.05) is 0 Å². The van der Waals surface area contributed by atoms with E-state index in [-0.39, 0.29) is 0 Å². The lowest BCUT2D eigenvalue weighted by Gasteiger charge is -2.15. The maximum Gasteiger partial charge on any atom is -0.0137 e. The van der Waals surface area contributed by atoms with Crippen molar-refractivity contribution in [1.82, 2.24) is 0 Å². The number of rotatable bonds is 1. The average molecular weight is 136 g/mol. The highest BCUT2D eigenvalue weighted by atomic mass is 14.3. The molecule has 1 unspecified atom stereocenters. The van der Waals surface area contributed by atoms with Crippen LogP contribution in [-0.4, -0.2) is 0 Å². The topological polar surface area (TPSA) is 0 Å². The first-order valence-electron chi connectivity index (χ1n) is 4.70. The summed E-state index contributed by atoms with van der Waals surface area (Å²) in [6.45, 7) is 0. The summed E-state index contributed by atoms with van der Waals surface area (Å²) in [4.78, 5) is 0. The van der Waals surface area contributed by atoms with E-state index in [0.29, 0.717) is 0 Å². The molecule has 0 saturated heterocycles. The third kappa shape index (κ3) is 1.21. The molecule has 2 aliphatic carbocycles. The van der Waals surface area contributed by atoms with Crippen molar-refractivity contribution >= 4 is 0 Å². The summed E-state index contributed by atoms with van der Waals surface area (Å²) in [7, 11) is 0. The molecule has 2 fully saturated rings. The first-order valence-corrected chi connectivity index (χ1v) is 4.70. The zero-order valence-corrected chi connectivity index (χ0v) is 6.60. The molecule has 2 saturated carbocycles. The van der Waals surface area contributed by atoms with E-state index in [1.54, 1.807) is 0 Å². The summed E-state index contributed by atoms with van der Waals surface area (Å²) < 4.78 is 0. The molecule has 1 atom stereocenters. The van der Waals surface area contributed by atoms with E-state index in [2.05, 4.69) is 6.42 Å². The molecule has 2 rings (SSSR count). The Morgan fingerprint density at radius 1 is 0.900 bits per heavy atom. The molecule has 0 heteroatoms. The van der Waals surface area contributed by atoms with Gasteiger partial charge in [0.25, 0.3) is 0 Å². The molecule has 0 aromatic carbocycles. The van der Waals surface area contributed by atoms with Gasteiger partial charge in [-0.1, -0.05) is 32.1 Å². The van der Waals surface area contributed by atoms with E-state index in [9.17, 15) is 0 Å². The Bertz CT molecular complexity index is 80.6. The van der Waals surface area contributed by atoms with Crippen LogP contribution in [0, 0.1) is 18.3 Å². The summed E-state index contributed by atoms with van der Waals surface area (Å²) >= 11 is 0. The lowest BCUT2D eigenvalue weighted by molar-refractivity contribution is 0.391. The van der Waals surface area contributed by atoms with Crippen LogP contribution in [0.1, 0.15) is 44.9 Å². The second kappa shape index (κ2) is 2.94. The van der Waals surface area contributed by atoms with Gasteiger partial charge < -0.3 is 0 Å². The van der Waals surface area contributed by atoms with Gasteiger partial charge in [0.2, 0.25) is 0 Å². The average Bonchev–Trinajstić information content (AvgIpc) is 2.59. The third-order valence-corrected chi connectivity index (χ3v) is 3.07. The van der Waals surface area contributed by atoms with Crippen molar-refractivity contribution in [3.63, 3.8) is 0 Å². The SMILES string of the molecule is [C]1CCCC1C1CCCC1. The highest BCUT2D eigenvalue weighted by Crippen LogP contribution is 2.39. The zero-order valence-electron chi connectivity index (χ0n) is 6.60. The lowest BCUT2D eigenvalue weighted by atomic mass is 9.90. The van der Waals surface area contributed by atoms with Gasteiger partial charge in [0.15, 0.2) is 0 Å². The Labute approximate surface area is 64.0 Å². The van der Waals surface area contributed by atoms with E-state index in [0.717, 1.165) is 11.8 Å². The predicted molar refractivity (Wildman–Crippen MR) is 42.5 cm³/mol. The summed E-state index contributed by atoms with van der Waals surface area (Å²) in [6, 6.07) is 0. The highest BCUT2D eigenvalue weighted by molar-refractivity contribution is 4.89. The molecule has 0 bridgehead atoms. The molecule has 0 amide bonds. The minimum Gasteiger partial charge on any atom is -0.0530 e. The van der Waals surface area contributed by atoms with E-state index in [1.807, 2.05) is 0 Å². The minimum absolute atomic E-state index is 0.905. The predicted octanol–water partition coefficient (Wildman–Crippen LogP) is 3.06. The Morgan fingerprint density at radius 3 is 2.30 bits per heavy atom. The van der Waals surface area contributed by atoms with Gasteiger partial charge in [-0.2, -0.15) is 0 Å². The molecule has 0 heterocycles. The van der Waals surface area contributed by atoms with Crippen LogP contribution in [0.3, 0.4) is 0 Å². The van der Waals surface area contributed by atoms with Crippen molar-refractivity contribution < 1.29 is 0 Å². The van der Waals surface area contributed by atoms with Crippen molar-refractivity contribution in [3.05, 3.63) is 6.42 Å². The molecule has 0 aliphatic heterocycles. The fourth-order valence-electron chi connectivity index (χ4n) is 2.47. The second-order valence-electron chi connectivity index (χ2n) is 3.75. The van der Waals surface area contributed by atoms with Crippen LogP contribution in [-0.2, 0) is 0 Å². The molecular formula is C10H16. The Balaban J connectivity index is 1.85. The van der Waals surface area contributed by atoms with E-state index >= 15 is 0 Å². The molecule has 2 radical (unpaired) electrons. The summed E-state index contributed by atoms with van der Waals surface area (Å²) in [5.74, 6) is 1.95. The zero-order chi connectivity index (χ0) is 6.81. The third-order valence-electron chi connectivity index (χ3n) is 3.07. The normalized spacial score (nSPS) is 30.0. The van der Waals surface area contributed by atoms with Crippen molar-refractivity contribution in [3.8, 4) is 0 Å². The van der Waals surface area contributed by atoms with Crippen LogP contribution in [0.15, 0.2) is 0 Å². The number of hydrogen-bond donors (Lipinski definition) is 0.